The first-order valence-corrected chi connectivity index (χ1v) is 6.71. The largest absolute Gasteiger partial charge is 0.176 e. The minimum absolute atomic E-state index is 0.494. The van der Waals surface area contributed by atoms with Crippen LogP contribution in [0.1, 0.15) is 51.4 Å². The van der Waals surface area contributed by atoms with Crippen LogP contribution < -0.4 is 0 Å². The van der Waals surface area contributed by atoms with Gasteiger partial charge in [0.25, 0.3) is 0 Å². The quantitative estimate of drug-likeness (QED) is 0.493. The van der Waals surface area contributed by atoms with Gasteiger partial charge in [0, 0.05) is 5.25 Å². The van der Waals surface area contributed by atoms with Crippen molar-refractivity contribution in [2.24, 2.45) is 11.8 Å². The zero-order valence-electron chi connectivity index (χ0n) is 8.99. The van der Waals surface area contributed by atoms with Crippen LogP contribution in [0.4, 0.5) is 0 Å². The summed E-state index contributed by atoms with van der Waals surface area (Å²) in [7, 11) is 6.05. The maximum Gasteiger partial charge on any atom is 0.0699 e. The van der Waals surface area contributed by atoms with Gasteiger partial charge in [-0.3, -0.25) is 0 Å². The van der Waals surface area contributed by atoms with E-state index in [1.54, 1.807) is 0 Å². The monoisotopic (exact) mass is 208 g/mol. The molecule has 0 nitrogen and oxygen atoms in total. The zero-order valence-corrected chi connectivity index (χ0v) is 9.89. The average Bonchev–Trinajstić information content (AvgIpc) is 2.18. The van der Waals surface area contributed by atoms with Crippen molar-refractivity contribution in [1.82, 2.24) is 0 Å². The molecule has 4 atom stereocenters. The fourth-order valence-corrected chi connectivity index (χ4v) is 3.78. The molecule has 0 amide bonds. The van der Waals surface area contributed by atoms with Crippen LogP contribution in [0.25, 0.3) is 0 Å². The third-order valence-electron chi connectivity index (χ3n) is 4.11. The second-order valence-electron chi connectivity index (χ2n) is 5.27. The van der Waals surface area contributed by atoms with Crippen molar-refractivity contribution in [3.8, 4) is 0 Å². The molecule has 0 aromatic rings. The number of hydrogen-bond acceptors (Lipinski definition) is 1. The lowest BCUT2D eigenvalue weighted by molar-refractivity contribution is 0.200. The summed E-state index contributed by atoms with van der Waals surface area (Å²) in [5.41, 5.74) is 0. The Hall–Kier alpha value is 0.415. The number of hydrogen-bond donors (Lipinski definition) is 1. The summed E-state index contributed by atoms with van der Waals surface area (Å²) in [5, 5.41) is 0.673. The van der Waals surface area contributed by atoms with Crippen molar-refractivity contribution in [3.05, 3.63) is 0 Å². The van der Waals surface area contributed by atoms with Gasteiger partial charge in [0.1, 0.15) is 0 Å². The van der Waals surface area contributed by atoms with Crippen LogP contribution in [-0.4, -0.2) is 13.1 Å². The molecule has 0 heterocycles. The lowest BCUT2D eigenvalue weighted by Crippen LogP contribution is -2.26. The van der Waals surface area contributed by atoms with Gasteiger partial charge in [0.05, 0.1) is 7.85 Å². The second-order valence-corrected chi connectivity index (χ2v) is 6.00. The molecule has 0 N–H and O–H groups in total. The predicted octanol–water partition coefficient (Wildman–Crippen LogP) is 3.62. The standard InChI is InChI=1S/C12H21BS/c13-11-5-1-3-9(7-11)10-4-2-6-12(14)8-10/h9-12,14H,1-8H2. The van der Waals surface area contributed by atoms with Crippen LogP contribution >= 0.6 is 12.6 Å². The summed E-state index contributed by atoms with van der Waals surface area (Å²) >= 11 is 4.63. The highest BCUT2D eigenvalue weighted by Gasteiger charge is 2.29. The van der Waals surface area contributed by atoms with Gasteiger partial charge in [-0.1, -0.05) is 44.3 Å². The van der Waals surface area contributed by atoms with E-state index >= 15 is 0 Å². The molecule has 2 aliphatic rings. The summed E-state index contributed by atoms with van der Waals surface area (Å²) in [6, 6.07) is 0. The van der Waals surface area contributed by atoms with E-state index in [9.17, 15) is 0 Å². The van der Waals surface area contributed by atoms with E-state index in [-0.39, 0.29) is 0 Å². The highest BCUT2D eigenvalue weighted by atomic mass is 32.1. The molecule has 0 spiro atoms. The van der Waals surface area contributed by atoms with Crippen molar-refractivity contribution in [1.29, 1.82) is 0 Å². The summed E-state index contributed by atoms with van der Waals surface area (Å²) in [5.74, 6) is 2.36. The molecule has 2 radical (unpaired) electrons. The molecular formula is C12H21BS. The van der Waals surface area contributed by atoms with Gasteiger partial charge in [-0.2, -0.15) is 12.6 Å². The van der Waals surface area contributed by atoms with E-state index in [4.69, 9.17) is 7.85 Å². The molecule has 78 valence electrons. The third-order valence-corrected chi connectivity index (χ3v) is 4.58. The smallest absolute Gasteiger partial charge is 0.0699 e. The highest BCUT2D eigenvalue weighted by molar-refractivity contribution is 7.80. The molecular weight excluding hydrogens is 187 g/mol. The van der Waals surface area contributed by atoms with E-state index in [1.807, 2.05) is 0 Å². The lowest BCUT2D eigenvalue weighted by Gasteiger charge is -2.37. The Morgan fingerprint density at radius 2 is 1.50 bits per heavy atom. The maximum absolute atomic E-state index is 6.05. The first kappa shape index (κ1) is 10.9. The molecule has 2 rings (SSSR count). The van der Waals surface area contributed by atoms with Crippen LogP contribution in [0, 0.1) is 11.8 Å². The number of thiol groups is 1. The zero-order chi connectivity index (χ0) is 9.97. The fraction of sp³-hybridized carbons (Fsp3) is 1.00. The molecule has 0 aromatic carbocycles. The van der Waals surface area contributed by atoms with E-state index in [1.165, 1.54) is 51.4 Å². The molecule has 2 aliphatic carbocycles. The minimum Gasteiger partial charge on any atom is -0.176 e. The summed E-state index contributed by atoms with van der Waals surface area (Å²) in [6.07, 6.45) is 10.8. The molecule has 0 aliphatic heterocycles. The van der Waals surface area contributed by atoms with Crippen LogP contribution in [0.15, 0.2) is 0 Å². The Balaban J connectivity index is 1.86. The SMILES string of the molecule is [B]C1CCCC(C2CCCC(S)C2)C1. The Morgan fingerprint density at radius 3 is 2.14 bits per heavy atom. The maximum atomic E-state index is 6.05. The van der Waals surface area contributed by atoms with E-state index in [2.05, 4.69) is 12.6 Å². The van der Waals surface area contributed by atoms with E-state index in [0.717, 1.165) is 11.8 Å². The van der Waals surface area contributed by atoms with E-state index in [0.29, 0.717) is 11.1 Å². The third kappa shape index (κ3) is 2.71. The second kappa shape index (κ2) is 4.96. The molecule has 14 heavy (non-hydrogen) atoms. The average molecular weight is 208 g/mol. The molecule has 2 saturated carbocycles. The molecule has 0 bridgehead atoms. The highest BCUT2D eigenvalue weighted by Crippen LogP contribution is 2.42. The molecule has 0 aromatic heterocycles. The van der Waals surface area contributed by atoms with E-state index < -0.39 is 0 Å². The predicted molar refractivity (Wildman–Crippen MR) is 66.2 cm³/mol. The first-order chi connectivity index (χ1) is 6.75. The Kier molecular flexibility index (Phi) is 3.87. The Labute approximate surface area is 95.0 Å². The molecule has 2 fully saturated rings. The Bertz CT molecular complexity index is 163. The number of rotatable bonds is 1. The van der Waals surface area contributed by atoms with Gasteiger partial charge in [-0.15, -0.1) is 0 Å². The fourth-order valence-electron chi connectivity index (χ4n) is 3.32. The first-order valence-electron chi connectivity index (χ1n) is 6.19. The topological polar surface area (TPSA) is 0 Å². The van der Waals surface area contributed by atoms with Crippen molar-refractivity contribution < 1.29 is 0 Å². The van der Waals surface area contributed by atoms with Gasteiger partial charge < -0.3 is 0 Å². The van der Waals surface area contributed by atoms with Crippen LogP contribution in [0.3, 0.4) is 0 Å². The van der Waals surface area contributed by atoms with Gasteiger partial charge in [-0.05, 0) is 24.7 Å². The van der Waals surface area contributed by atoms with Crippen molar-refractivity contribution in [2.45, 2.75) is 62.4 Å². The summed E-state index contributed by atoms with van der Waals surface area (Å²) in [6.45, 7) is 0. The van der Waals surface area contributed by atoms with Crippen molar-refractivity contribution in [2.75, 3.05) is 0 Å². The molecule has 2 heteroatoms. The summed E-state index contributed by atoms with van der Waals surface area (Å²) < 4.78 is 0. The molecule has 0 saturated heterocycles. The van der Waals surface area contributed by atoms with Crippen LogP contribution in [0.2, 0.25) is 5.82 Å². The molecule has 4 unspecified atom stereocenters. The van der Waals surface area contributed by atoms with Crippen molar-refractivity contribution in [3.63, 3.8) is 0 Å². The van der Waals surface area contributed by atoms with Crippen LogP contribution in [-0.2, 0) is 0 Å². The Morgan fingerprint density at radius 1 is 0.857 bits per heavy atom. The minimum atomic E-state index is 0.494. The van der Waals surface area contributed by atoms with Gasteiger partial charge in [-0.25, -0.2) is 0 Å². The lowest BCUT2D eigenvalue weighted by atomic mass is 9.65. The van der Waals surface area contributed by atoms with Gasteiger partial charge in [0.15, 0.2) is 0 Å². The normalized spacial score (nSPS) is 44.9. The van der Waals surface area contributed by atoms with Gasteiger partial charge in [0.2, 0.25) is 0 Å². The van der Waals surface area contributed by atoms with Crippen molar-refractivity contribution >= 4 is 20.5 Å². The van der Waals surface area contributed by atoms with Gasteiger partial charge >= 0.3 is 0 Å². The van der Waals surface area contributed by atoms with Crippen LogP contribution in [0.5, 0.6) is 0 Å². The summed E-state index contributed by atoms with van der Waals surface area (Å²) in [4.78, 5) is 0.